The Morgan fingerprint density at radius 1 is 0.786 bits per heavy atom. The van der Waals surface area contributed by atoms with E-state index in [1.165, 1.54) is 68.0 Å². The van der Waals surface area contributed by atoms with Crippen LogP contribution in [0.5, 0.6) is 0 Å². The van der Waals surface area contributed by atoms with Crippen molar-refractivity contribution in [2.24, 2.45) is 0 Å². The van der Waals surface area contributed by atoms with Gasteiger partial charge in [-0.25, -0.2) is 0 Å². The summed E-state index contributed by atoms with van der Waals surface area (Å²) in [7, 11) is 7.41. The van der Waals surface area contributed by atoms with Crippen LogP contribution in [0.2, 0.25) is 4.44 Å². The van der Waals surface area contributed by atoms with Gasteiger partial charge in [0.05, 0.1) is 0 Å². The molecular formula is C21H46S6Sn. The maximum atomic E-state index is 2.48. The van der Waals surface area contributed by atoms with Gasteiger partial charge in [-0.3, -0.25) is 0 Å². The Morgan fingerprint density at radius 2 is 1.39 bits per heavy atom. The number of rotatable bonds is 20. The van der Waals surface area contributed by atoms with E-state index in [-0.39, 0.29) is 0 Å². The van der Waals surface area contributed by atoms with Crippen LogP contribution in [-0.2, 0) is 0 Å². The summed E-state index contributed by atoms with van der Waals surface area (Å²) in [5.74, 6) is 5.36. The van der Waals surface area contributed by atoms with Gasteiger partial charge in [-0.05, 0) is 0 Å². The van der Waals surface area contributed by atoms with Gasteiger partial charge in [-0.1, -0.05) is 0 Å². The molecule has 0 fully saturated rings. The Labute approximate surface area is 203 Å². The molecule has 0 amide bonds. The van der Waals surface area contributed by atoms with Crippen LogP contribution in [0.25, 0.3) is 0 Å². The Balaban J connectivity index is 5.12. The van der Waals surface area contributed by atoms with Gasteiger partial charge in [0.15, 0.2) is 0 Å². The van der Waals surface area contributed by atoms with E-state index in [2.05, 4.69) is 110 Å². The summed E-state index contributed by atoms with van der Waals surface area (Å²) >= 11 is 4.28. The summed E-state index contributed by atoms with van der Waals surface area (Å²) < 4.78 is 1.95. The third kappa shape index (κ3) is 14.1. The molecular weight excluding hydrogens is 563 g/mol. The Bertz CT molecular complexity index is 346. The number of thioether (sulfide) groups is 3. The summed E-state index contributed by atoms with van der Waals surface area (Å²) in [5, 5.41) is 0.795. The SMILES string of the molecule is CCCC[S][Sn]([CH2]CCC(SC)(SCC)SCCC)([S]CCCC)[S]C(C)C. The molecule has 170 valence electrons. The maximum absolute atomic E-state index is 2.48. The molecule has 0 bridgehead atoms. The first-order valence-corrected chi connectivity index (χ1v) is 29.8. The molecule has 0 aliphatic rings. The number of unbranched alkanes of at least 4 members (excludes halogenated alkanes) is 2. The molecule has 0 aliphatic carbocycles. The molecule has 1 atom stereocenters. The van der Waals surface area contributed by atoms with Gasteiger partial charge in [0, 0.05) is 0 Å². The third-order valence-electron chi connectivity index (χ3n) is 4.22. The van der Waals surface area contributed by atoms with Crippen LogP contribution in [0.4, 0.5) is 0 Å². The predicted molar refractivity (Wildman–Crippen MR) is 154 cm³/mol. The van der Waals surface area contributed by atoms with Crippen molar-refractivity contribution in [3.05, 3.63) is 0 Å². The molecule has 0 aromatic heterocycles. The van der Waals surface area contributed by atoms with E-state index in [0.29, 0.717) is 3.41 Å². The number of hydrogen-bond acceptors (Lipinski definition) is 6. The molecule has 0 aromatic carbocycles. The first-order chi connectivity index (χ1) is 13.4. The van der Waals surface area contributed by atoms with Crippen molar-refractivity contribution >= 4 is 76.4 Å². The van der Waals surface area contributed by atoms with Crippen molar-refractivity contribution in [2.75, 3.05) is 29.3 Å². The first kappa shape index (κ1) is 30.9. The van der Waals surface area contributed by atoms with Crippen LogP contribution in [0.15, 0.2) is 0 Å². The van der Waals surface area contributed by atoms with Gasteiger partial charge < -0.3 is 0 Å². The van der Waals surface area contributed by atoms with Gasteiger partial charge in [0.25, 0.3) is 0 Å². The molecule has 0 spiro atoms. The van der Waals surface area contributed by atoms with Crippen LogP contribution in [-0.4, -0.2) is 52.2 Å². The van der Waals surface area contributed by atoms with E-state index >= 15 is 0 Å². The Hall–Kier alpha value is 2.90. The van der Waals surface area contributed by atoms with E-state index in [1.807, 2.05) is 0 Å². The van der Waals surface area contributed by atoms with Crippen molar-refractivity contribution in [2.45, 2.75) is 99.6 Å². The van der Waals surface area contributed by atoms with Crippen molar-refractivity contribution in [1.82, 2.24) is 0 Å². The minimum absolute atomic E-state index is 0.396. The Kier molecular flexibility index (Phi) is 21.4. The van der Waals surface area contributed by atoms with Crippen LogP contribution >= 0.6 is 62.1 Å². The van der Waals surface area contributed by atoms with E-state index in [1.54, 1.807) is 4.44 Å². The van der Waals surface area contributed by atoms with Crippen LogP contribution in [0.1, 0.15) is 86.5 Å². The quantitative estimate of drug-likeness (QED) is 0.0760. The normalized spacial score (nSPS) is 14.6. The van der Waals surface area contributed by atoms with Crippen molar-refractivity contribution in [1.29, 1.82) is 0 Å². The standard InChI is InChI=1S/C10H21S3.2C4H10S.C3H8S.Sn/c1-5-8-10(11-4,12-7-3)13-9-6-2;2*1-2-3-4-5;1-3(2)4;/h1,5-9H2,2-4H3;2*5H,2-4H2,1H3;3-4H,1-2H3;/q;;;;+3/p-3. The molecule has 7 heteroatoms. The third-order valence-corrected chi connectivity index (χ3v) is 50.7. The van der Waals surface area contributed by atoms with E-state index in [0.717, 1.165) is 5.25 Å². The molecule has 0 rings (SSSR count). The predicted octanol–water partition coefficient (Wildman–Crippen LogP) is 9.83. The molecule has 0 aliphatic heterocycles. The molecule has 1 unspecified atom stereocenters. The van der Waals surface area contributed by atoms with Crippen LogP contribution in [0.3, 0.4) is 0 Å². The average Bonchev–Trinajstić information content (AvgIpc) is 2.66. The molecule has 0 nitrogen and oxygen atoms in total. The van der Waals surface area contributed by atoms with Gasteiger partial charge >= 0.3 is 205 Å². The Morgan fingerprint density at radius 3 is 1.82 bits per heavy atom. The molecule has 0 heterocycles. The summed E-state index contributed by atoms with van der Waals surface area (Å²) in [6, 6.07) is 0. The average molecular weight is 610 g/mol. The van der Waals surface area contributed by atoms with Crippen molar-refractivity contribution in [3.63, 3.8) is 0 Å². The zero-order chi connectivity index (χ0) is 21.3. The fraction of sp³-hybridized carbons (Fsp3) is 1.00. The molecule has 0 aromatic rings. The van der Waals surface area contributed by atoms with Gasteiger partial charge in [-0.2, -0.15) is 0 Å². The monoisotopic (exact) mass is 610 g/mol. The molecule has 0 radical (unpaired) electrons. The summed E-state index contributed by atoms with van der Waals surface area (Å²) in [6.07, 6.45) is 12.0. The summed E-state index contributed by atoms with van der Waals surface area (Å²) in [4.78, 5) is 0. The van der Waals surface area contributed by atoms with Crippen molar-refractivity contribution < 1.29 is 0 Å². The zero-order valence-corrected chi connectivity index (χ0v) is 27.3. The topological polar surface area (TPSA) is 0 Å². The molecule has 28 heavy (non-hydrogen) atoms. The molecule has 0 saturated heterocycles. The van der Waals surface area contributed by atoms with E-state index in [4.69, 9.17) is 0 Å². The van der Waals surface area contributed by atoms with Crippen LogP contribution < -0.4 is 0 Å². The summed E-state index contributed by atoms with van der Waals surface area (Å²) in [5.41, 5.74) is 0. The fourth-order valence-electron chi connectivity index (χ4n) is 2.82. The van der Waals surface area contributed by atoms with Gasteiger partial charge in [0.1, 0.15) is 0 Å². The van der Waals surface area contributed by atoms with E-state index < -0.39 is 14.2 Å². The van der Waals surface area contributed by atoms with Gasteiger partial charge in [0.2, 0.25) is 0 Å². The van der Waals surface area contributed by atoms with Gasteiger partial charge in [-0.15, -0.1) is 0 Å². The second-order valence-electron chi connectivity index (χ2n) is 7.28. The number of hydrogen-bond donors (Lipinski definition) is 0. The van der Waals surface area contributed by atoms with Crippen molar-refractivity contribution in [3.8, 4) is 0 Å². The zero-order valence-electron chi connectivity index (χ0n) is 19.5. The second-order valence-corrected chi connectivity index (χ2v) is 46.2. The minimum atomic E-state index is -2.27. The fourth-order valence-corrected chi connectivity index (χ4v) is 52.8. The summed E-state index contributed by atoms with van der Waals surface area (Å²) in [6.45, 7) is 14.2. The van der Waals surface area contributed by atoms with Crippen LogP contribution in [0, 0.1) is 0 Å². The van der Waals surface area contributed by atoms with E-state index in [9.17, 15) is 0 Å². The molecule has 0 N–H and O–H groups in total. The second kappa shape index (κ2) is 19.4. The first-order valence-electron chi connectivity index (χ1n) is 11.2. The molecule has 0 saturated carbocycles.